The van der Waals surface area contributed by atoms with Gasteiger partial charge in [-0.05, 0) is 41.6 Å². The van der Waals surface area contributed by atoms with E-state index in [0.717, 1.165) is 15.3 Å². The molecule has 5 rings (SSSR count). The minimum atomic E-state index is -1.32. The number of thiophene rings is 1. The predicted molar refractivity (Wildman–Crippen MR) is 126 cm³/mol. The first-order valence-corrected chi connectivity index (χ1v) is 11.8. The first-order chi connectivity index (χ1) is 16.5. The second-order valence-corrected chi connectivity index (χ2v) is 9.21. The quantitative estimate of drug-likeness (QED) is 0.532. The summed E-state index contributed by atoms with van der Waals surface area (Å²) in [5.41, 5.74) is 0.148. The van der Waals surface area contributed by atoms with E-state index in [-0.39, 0.29) is 12.6 Å². The topological polar surface area (TPSA) is 97.0 Å². The van der Waals surface area contributed by atoms with Gasteiger partial charge in [0.15, 0.2) is 11.5 Å². The highest BCUT2D eigenvalue weighted by atomic mass is 32.1. The van der Waals surface area contributed by atoms with Gasteiger partial charge < -0.3 is 20.1 Å². The van der Waals surface area contributed by atoms with Crippen molar-refractivity contribution in [2.24, 2.45) is 0 Å². The van der Waals surface area contributed by atoms with Gasteiger partial charge in [0, 0.05) is 4.88 Å². The highest BCUT2D eigenvalue weighted by molar-refractivity contribution is 7.10. The van der Waals surface area contributed by atoms with E-state index in [2.05, 4.69) is 10.6 Å². The molecule has 1 saturated heterocycles. The second kappa shape index (κ2) is 8.83. The summed E-state index contributed by atoms with van der Waals surface area (Å²) < 4.78 is 11.2. The Bertz CT molecular complexity index is 1230. The summed E-state index contributed by atoms with van der Waals surface area (Å²) in [7, 11) is 0. The Hall–Kier alpha value is -3.85. The van der Waals surface area contributed by atoms with Crippen LogP contribution in [0.2, 0.25) is 0 Å². The van der Waals surface area contributed by atoms with Crippen LogP contribution in [0.3, 0.4) is 0 Å². The standard InChI is InChI=1S/C25H23N3O5S/c1-25(17-9-10-18-19(14-17)33-12-11-32-18)23(30)28(24(31)27-25)15-21(29)26-22(20-8-5-13-34-20)16-6-3-2-4-7-16/h2-10,13-14,22H,11-12,15H2,1H3,(H,26,29)(H,27,31)/t22-,25+/m0/s1. The number of imide groups is 1. The summed E-state index contributed by atoms with van der Waals surface area (Å²) in [4.78, 5) is 41.0. The smallest absolute Gasteiger partial charge is 0.325 e. The van der Waals surface area contributed by atoms with E-state index in [1.807, 2.05) is 47.8 Å². The molecule has 8 nitrogen and oxygen atoms in total. The molecule has 0 saturated carbocycles. The molecule has 0 aliphatic carbocycles. The van der Waals surface area contributed by atoms with Crippen molar-refractivity contribution in [3.8, 4) is 11.5 Å². The van der Waals surface area contributed by atoms with E-state index in [9.17, 15) is 14.4 Å². The van der Waals surface area contributed by atoms with E-state index in [1.165, 1.54) is 11.3 Å². The van der Waals surface area contributed by atoms with Gasteiger partial charge in [-0.25, -0.2) is 4.79 Å². The van der Waals surface area contributed by atoms with Crippen LogP contribution in [0.25, 0.3) is 0 Å². The second-order valence-electron chi connectivity index (χ2n) is 8.23. The first-order valence-electron chi connectivity index (χ1n) is 10.9. The molecule has 0 unspecified atom stereocenters. The third-order valence-corrected chi connectivity index (χ3v) is 6.90. The number of benzene rings is 2. The van der Waals surface area contributed by atoms with Gasteiger partial charge in [-0.1, -0.05) is 42.5 Å². The fourth-order valence-corrected chi connectivity index (χ4v) is 4.96. The molecule has 3 aromatic rings. The maximum atomic E-state index is 13.3. The van der Waals surface area contributed by atoms with Crippen molar-refractivity contribution in [2.75, 3.05) is 19.8 Å². The fourth-order valence-electron chi connectivity index (χ4n) is 4.16. The normalized spacial score (nSPS) is 20.1. The molecule has 2 aliphatic rings. The van der Waals surface area contributed by atoms with E-state index in [0.29, 0.717) is 30.3 Å². The number of nitrogens with one attached hydrogen (secondary N) is 2. The van der Waals surface area contributed by atoms with Gasteiger partial charge in [-0.3, -0.25) is 14.5 Å². The minimum absolute atomic E-state index is 0.376. The largest absolute Gasteiger partial charge is 0.486 e. The highest BCUT2D eigenvalue weighted by Crippen LogP contribution is 2.37. The number of urea groups is 1. The molecule has 2 N–H and O–H groups in total. The van der Waals surface area contributed by atoms with E-state index in [4.69, 9.17) is 9.47 Å². The molecule has 1 aromatic heterocycles. The lowest BCUT2D eigenvalue weighted by Gasteiger charge is -2.25. The van der Waals surface area contributed by atoms with Crippen LogP contribution in [0.1, 0.15) is 29.0 Å². The predicted octanol–water partition coefficient (Wildman–Crippen LogP) is 3.19. The summed E-state index contributed by atoms with van der Waals surface area (Å²) in [5.74, 6) is 0.172. The summed E-state index contributed by atoms with van der Waals surface area (Å²) in [6.45, 7) is 2.10. The molecule has 34 heavy (non-hydrogen) atoms. The van der Waals surface area contributed by atoms with Crippen LogP contribution in [0, 0.1) is 0 Å². The van der Waals surface area contributed by atoms with Gasteiger partial charge in [0.2, 0.25) is 5.91 Å². The van der Waals surface area contributed by atoms with E-state index in [1.54, 1.807) is 25.1 Å². The van der Waals surface area contributed by atoms with Gasteiger partial charge in [-0.15, -0.1) is 11.3 Å². The van der Waals surface area contributed by atoms with Crippen LogP contribution in [0.15, 0.2) is 66.0 Å². The van der Waals surface area contributed by atoms with E-state index < -0.39 is 23.4 Å². The Labute approximate surface area is 200 Å². The van der Waals surface area contributed by atoms with Gasteiger partial charge >= 0.3 is 6.03 Å². The van der Waals surface area contributed by atoms with Crippen molar-refractivity contribution >= 4 is 29.2 Å². The summed E-state index contributed by atoms with van der Waals surface area (Å²) in [5, 5.41) is 7.65. The molecule has 9 heteroatoms. The third kappa shape index (κ3) is 3.99. The zero-order valence-corrected chi connectivity index (χ0v) is 19.3. The molecule has 2 aliphatic heterocycles. The number of carbonyl (C=O) groups is 3. The van der Waals surface area contributed by atoms with Gasteiger partial charge in [0.1, 0.15) is 25.3 Å². The molecular weight excluding hydrogens is 454 g/mol. The Balaban J connectivity index is 1.34. The van der Waals surface area contributed by atoms with Crippen molar-refractivity contribution < 1.29 is 23.9 Å². The van der Waals surface area contributed by atoms with Crippen LogP contribution in [-0.4, -0.2) is 42.5 Å². The molecule has 174 valence electrons. The number of rotatable bonds is 6. The summed E-state index contributed by atoms with van der Waals surface area (Å²) in [6.07, 6.45) is 0. The lowest BCUT2D eigenvalue weighted by atomic mass is 9.91. The molecule has 1 fully saturated rings. The Morgan fingerprint density at radius 1 is 1.09 bits per heavy atom. The molecule has 2 aromatic carbocycles. The van der Waals surface area contributed by atoms with Crippen LogP contribution in [0.4, 0.5) is 4.79 Å². The number of nitrogens with zero attached hydrogens (tertiary/aromatic N) is 1. The van der Waals surface area contributed by atoms with Crippen molar-refractivity contribution in [3.05, 3.63) is 82.0 Å². The average Bonchev–Trinajstić information content (AvgIpc) is 3.46. The zero-order chi connectivity index (χ0) is 23.7. The van der Waals surface area contributed by atoms with Gasteiger partial charge in [0.05, 0.1) is 6.04 Å². The molecule has 0 spiro atoms. The SMILES string of the molecule is C[C@]1(c2ccc3c(c2)OCCO3)NC(=O)N(CC(=O)N[C@@H](c2ccccc2)c2cccs2)C1=O. The highest BCUT2D eigenvalue weighted by Gasteiger charge is 2.50. The lowest BCUT2D eigenvalue weighted by Crippen LogP contribution is -2.44. The van der Waals surface area contributed by atoms with Crippen molar-refractivity contribution in [1.29, 1.82) is 0 Å². The molecular formula is C25H23N3O5S. The van der Waals surface area contributed by atoms with E-state index >= 15 is 0 Å². The molecule has 3 heterocycles. The number of fused-ring (bicyclic) bond motifs is 1. The zero-order valence-electron chi connectivity index (χ0n) is 18.4. The van der Waals surface area contributed by atoms with Crippen molar-refractivity contribution in [2.45, 2.75) is 18.5 Å². The van der Waals surface area contributed by atoms with Crippen LogP contribution < -0.4 is 20.1 Å². The molecule has 2 atom stereocenters. The minimum Gasteiger partial charge on any atom is -0.486 e. The molecule has 0 radical (unpaired) electrons. The number of ether oxygens (including phenoxy) is 2. The van der Waals surface area contributed by atoms with Crippen LogP contribution in [0.5, 0.6) is 11.5 Å². The third-order valence-electron chi connectivity index (χ3n) is 5.96. The van der Waals surface area contributed by atoms with Crippen LogP contribution in [-0.2, 0) is 15.1 Å². The Morgan fingerprint density at radius 2 is 1.85 bits per heavy atom. The van der Waals surface area contributed by atoms with Crippen molar-refractivity contribution in [3.63, 3.8) is 0 Å². The molecule has 0 bridgehead atoms. The fraction of sp³-hybridized carbons (Fsp3) is 0.240. The number of carbonyl (C=O) groups excluding carboxylic acids is 3. The maximum Gasteiger partial charge on any atom is 0.325 e. The first kappa shape index (κ1) is 22.0. The maximum absolute atomic E-state index is 13.3. The Morgan fingerprint density at radius 3 is 2.59 bits per heavy atom. The average molecular weight is 478 g/mol. The van der Waals surface area contributed by atoms with Crippen molar-refractivity contribution in [1.82, 2.24) is 15.5 Å². The van der Waals surface area contributed by atoms with Gasteiger partial charge in [0.25, 0.3) is 5.91 Å². The van der Waals surface area contributed by atoms with Crippen LogP contribution >= 0.6 is 11.3 Å². The number of hydrogen-bond donors (Lipinski definition) is 2. The number of amides is 4. The number of hydrogen-bond acceptors (Lipinski definition) is 6. The lowest BCUT2D eigenvalue weighted by molar-refractivity contribution is -0.135. The Kier molecular flexibility index (Phi) is 5.70. The van der Waals surface area contributed by atoms with Gasteiger partial charge in [-0.2, -0.15) is 0 Å². The summed E-state index contributed by atoms with van der Waals surface area (Å²) in [6, 6.07) is 17.6. The monoisotopic (exact) mass is 477 g/mol. The molecule has 4 amide bonds. The summed E-state index contributed by atoms with van der Waals surface area (Å²) >= 11 is 1.52.